The zero-order valence-corrected chi connectivity index (χ0v) is 14.2. The maximum atomic E-state index is 12.5. The van der Waals surface area contributed by atoms with Crippen LogP contribution in [0.3, 0.4) is 0 Å². The van der Waals surface area contributed by atoms with Gasteiger partial charge in [-0.15, -0.1) is 0 Å². The van der Waals surface area contributed by atoms with Crippen LogP contribution in [0.1, 0.15) is 18.4 Å². The van der Waals surface area contributed by atoms with E-state index in [2.05, 4.69) is 42.5 Å². The van der Waals surface area contributed by atoms with Gasteiger partial charge in [0.15, 0.2) is 0 Å². The molecule has 0 amide bonds. The number of ether oxygens (including phenoxy) is 2. The smallest absolute Gasteiger partial charge is 0.315 e. The van der Waals surface area contributed by atoms with Crippen molar-refractivity contribution in [2.75, 3.05) is 12.4 Å². The molecule has 4 atom stereocenters. The molecule has 1 saturated heterocycles. The van der Waals surface area contributed by atoms with Crippen LogP contribution in [0.4, 0.5) is 0 Å². The molecule has 0 saturated carbocycles. The van der Waals surface area contributed by atoms with Crippen LogP contribution in [0.5, 0.6) is 5.75 Å². The third-order valence-electron chi connectivity index (χ3n) is 5.47. The van der Waals surface area contributed by atoms with E-state index in [-0.39, 0.29) is 23.1 Å². The molecule has 3 aliphatic rings. The van der Waals surface area contributed by atoms with Gasteiger partial charge in [-0.3, -0.25) is 4.79 Å². The second-order valence-electron chi connectivity index (χ2n) is 6.80. The van der Waals surface area contributed by atoms with Crippen molar-refractivity contribution in [2.24, 2.45) is 11.8 Å². The quantitative estimate of drug-likeness (QED) is 0.677. The predicted octanol–water partition coefficient (Wildman–Crippen LogP) is 4.12. The number of carbonyl (C=O) groups is 1. The molecule has 4 heteroatoms. The van der Waals surface area contributed by atoms with E-state index >= 15 is 0 Å². The number of fused-ring (bicyclic) bond motifs is 7. The van der Waals surface area contributed by atoms with Gasteiger partial charge in [0.2, 0.25) is 0 Å². The molecule has 2 aromatic carbocycles. The number of allylic oxidation sites excluding steroid dienone is 1. The van der Waals surface area contributed by atoms with Gasteiger partial charge in [0.25, 0.3) is 0 Å². The normalized spacial score (nSPS) is 31.2. The highest BCUT2D eigenvalue weighted by Gasteiger charge is 2.49. The number of thioether (sulfide) groups is 1. The van der Waals surface area contributed by atoms with Crippen LogP contribution in [0.15, 0.2) is 48.2 Å². The Kier molecular flexibility index (Phi) is 3.17. The second kappa shape index (κ2) is 5.28. The molecule has 0 aromatic heterocycles. The summed E-state index contributed by atoms with van der Waals surface area (Å²) < 4.78 is 11.5. The molecule has 3 aliphatic heterocycles. The molecule has 3 nitrogen and oxygen atoms in total. The minimum absolute atomic E-state index is 0.0884. The van der Waals surface area contributed by atoms with Crippen molar-refractivity contribution in [3.63, 3.8) is 0 Å². The van der Waals surface area contributed by atoms with Gasteiger partial charge in [-0.2, -0.15) is 11.8 Å². The zero-order valence-electron chi connectivity index (χ0n) is 13.4. The van der Waals surface area contributed by atoms with Crippen LogP contribution in [-0.4, -0.2) is 23.6 Å². The van der Waals surface area contributed by atoms with Crippen LogP contribution < -0.4 is 4.74 Å². The fourth-order valence-corrected chi connectivity index (χ4v) is 6.03. The molecule has 0 radical (unpaired) electrons. The summed E-state index contributed by atoms with van der Waals surface area (Å²) in [5, 5.41) is 2.70. The standard InChI is InChI=1S/C20H18O3S/c1-11-8-17-19(20(21)23-11)14-9-22-16-7-6-12-4-2-3-5-13(12)18(16)15(14)10-24-17/h2-8,14-15,17,19H,9-10H2,1H3. The van der Waals surface area contributed by atoms with Crippen molar-refractivity contribution in [1.29, 1.82) is 0 Å². The molecule has 0 aliphatic carbocycles. The number of hydrogen-bond acceptors (Lipinski definition) is 4. The molecular weight excluding hydrogens is 320 g/mol. The summed E-state index contributed by atoms with van der Waals surface area (Å²) in [5.74, 6) is 3.06. The first-order chi connectivity index (χ1) is 11.7. The fraction of sp³-hybridized carbons (Fsp3) is 0.350. The molecule has 0 spiro atoms. The molecule has 4 unspecified atom stereocenters. The predicted molar refractivity (Wildman–Crippen MR) is 95.3 cm³/mol. The average molecular weight is 338 g/mol. The van der Waals surface area contributed by atoms with Gasteiger partial charge in [-0.1, -0.05) is 30.3 Å². The van der Waals surface area contributed by atoms with E-state index in [0.29, 0.717) is 12.5 Å². The fourth-order valence-electron chi connectivity index (χ4n) is 4.38. The van der Waals surface area contributed by atoms with E-state index < -0.39 is 0 Å². The van der Waals surface area contributed by atoms with Crippen molar-refractivity contribution in [1.82, 2.24) is 0 Å². The largest absolute Gasteiger partial charge is 0.493 e. The number of carbonyl (C=O) groups excluding carboxylic acids is 1. The van der Waals surface area contributed by atoms with E-state index in [9.17, 15) is 4.79 Å². The van der Waals surface area contributed by atoms with E-state index in [4.69, 9.17) is 9.47 Å². The molecule has 3 heterocycles. The number of esters is 1. The Balaban J connectivity index is 1.64. The highest BCUT2D eigenvalue weighted by Crippen LogP contribution is 2.52. The Labute approximate surface area is 145 Å². The van der Waals surface area contributed by atoms with Crippen molar-refractivity contribution in [3.8, 4) is 5.75 Å². The summed E-state index contributed by atoms with van der Waals surface area (Å²) in [5.41, 5.74) is 1.27. The molecular formula is C20H18O3S. The molecule has 5 rings (SSSR count). The Morgan fingerprint density at radius 3 is 2.96 bits per heavy atom. The van der Waals surface area contributed by atoms with Crippen molar-refractivity contribution < 1.29 is 14.3 Å². The van der Waals surface area contributed by atoms with Crippen molar-refractivity contribution >= 4 is 28.5 Å². The van der Waals surface area contributed by atoms with Crippen LogP contribution >= 0.6 is 11.8 Å². The summed E-state index contributed by atoms with van der Waals surface area (Å²) >= 11 is 1.88. The van der Waals surface area contributed by atoms with Gasteiger partial charge >= 0.3 is 5.97 Å². The summed E-state index contributed by atoms with van der Waals surface area (Å²) in [7, 11) is 0. The lowest BCUT2D eigenvalue weighted by Gasteiger charge is -2.45. The first kappa shape index (κ1) is 14.4. The monoisotopic (exact) mass is 338 g/mol. The van der Waals surface area contributed by atoms with E-state index in [0.717, 1.165) is 17.3 Å². The summed E-state index contributed by atoms with van der Waals surface area (Å²) in [6.45, 7) is 2.46. The summed E-state index contributed by atoms with van der Waals surface area (Å²) in [6, 6.07) is 12.6. The number of rotatable bonds is 0. The Bertz CT molecular complexity index is 872. The average Bonchev–Trinajstić information content (AvgIpc) is 2.60. The maximum absolute atomic E-state index is 12.5. The molecule has 122 valence electrons. The van der Waals surface area contributed by atoms with Crippen LogP contribution in [0.2, 0.25) is 0 Å². The lowest BCUT2D eigenvalue weighted by Crippen LogP contribution is -2.47. The lowest BCUT2D eigenvalue weighted by molar-refractivity contribution is -0.148. The van der Waals surface area contributed by atoms with Gasteiger partial charge in [-0.25, -0.2) is 0 Å². The second-order valence-corrected chi connectivity index (χ2v) is 8.01. The topological polar surface area (TPSA) is 35.5 Å². The van der Waals surface area contributed by atoms with Gasteiger partial charge in [0.05, 0.1) is 12.5 Å². The number of cyclic esters (lactones) is 1. The SMILES string of the molecule is CC1=CC2SCC3c4c(ccc5ccccc45)OCC3C2C(=O)O1. The molecule has 0 N–H and O–H groups in total. The number of benzene rings is 2. The van der Waals surface area contributed by atoms with Crippen LogP contribution in [0.25, 0.3) is 10.8 Å². The summed E-state index contributed by atoms with van der Waals surface area (Å²) in [6.07, 6.45) is 2.10. The third-order valence-corrected chi connectivity index (χ3v) is 6.83. The van der Waals surface area contributed by atoms with Crippen LogP contribution in [-0.2, 0) is 9.53 Å². The molecule has 24 heavy (non-hydrogen) atoms. The van der Waals surface area contributed by atoms with Gasteiger partial charge < -0.3 is 9.47 Å². The summed E-state index contributed by atoms with van der Waals surface area (Å²) in [4.78, 5) is 12.5. The van der Waals surface area contributed by atoms with Crippen molar-refractivity contribution in [2.45, 2.75) is 18.1 Å². The molecule has 0 bridgehead atoms. The van der Waals surface area contributed by atoms with E-state index in [1.165, 1.54) is 16.3 Å². The highest BCUT2D eigenvalue weighted by atomic mass is 32.2. The molecule has 1 fully saturated rings. The Hall–Kier alpha value is -1.94. The Morgan fingerprint density at radius 1 is 1.17 bits per heavy atom. The van der Waals surface area contributed by atoms with Gasteiger partial charge in [0.1, 0.15) is 11.5 Å². The highest BCUT2D eigenvalue weighted by molar-refractivity contribution is 8.00. The van der Waals surface area contributed by atoms with Crippen molar-refractivity contribution in [3.05, 3.63) is 53.8 Å². The zero-order chi connectivity index (χ0) is 16.3. The van der Waals surface area contributed by atoms with Crippen LogP contribution in [0, 0.1) is 11.8 Å². The van der Waals surface area contributed by atoms with Gasteiger partial charge in [0, 0.05) is 28.4 Å². The van der Waals surface area contributed by atoms with Gasteiger partial charge in [-0.05, 0) is 29.8 Å². The third kappa shape index (κ3) is 2.02. The maximum Gasteiger partial charge on any atom is 0.315 e. The minimum Gasteiger partial charge on any atom is -0.493 e. The first-order valence-electron chi connectivity index (χ1n) is 8.38. The first-order valence-corrected chi connectivity index (χ1v) is 9.43. The number of hydrogen-bond donors (Lipinski definition) is 0. The molecule has 2 aromatic rings. The lowest BCUT2D eigenvalue weighted by atomic mass is 9.74. The van der Waals surface area contributed by atoms with E-state index in [1.807, 2.05) is 18.7 Å². The minimum atomic E-state index is -0.107. The Morgan fingerprint density at radius 2 is 2.04 bits per heavy atom. The van der Waals surface area contributed by atoms with E-state index in [1.54, 1.807) is 0 Å².